The molecule has 0 aromatic carbocycles. The molecule has 1 unspecified atom stereocenters. The summed E-state index contributed by atoms with van der Waals surface area (Å²) in [7, 11) is 0. The minimum atomic E-state index is -1.04. The normalized spacial score (nSPS) is 12.2. The number of nitrogens with one attached hydrogen (secondary N) is 1. The molecule has 0 bridgehead atoms. The molecule has 0 fully saturated rings. The van der Waals surface area contributed by atoms with Crippen molar-refractivity contribution in [1.29, 1.82) is 0 Å². The van der Waals surface area contributed by atoms with Gasteiger partial charge in [-0.3, -0.25) is 9.59 Å². The van der Waals surface area contributed by atoms with E-state index in [1.165, 1.54) is 6.92 Å². The molecule has 0 radical (unpaired) electrons. The van der Waals surface area contributed by atoms with Crippen LogP contribution in [0, 0.1) is 0 Å². The van der Waals surface area contributed by atoms with E-state index < -0.39 is 12.1 Å². The molecular weight excluding hydrogens is 162 g/mol. The van der Waals surface area contributed by atoms with E-state index >= 15 is 0 Å². The Labute approximate surface area is 70.4 Å². The molecule has 1 amide bonds. The first kappa shape index (κ1) is 10.9. The van der Waals surface area contributed by atoms with Crippen molar-refractivity contribution in [2.75, 3.05) is 6.54 Å². The summed E-state index contributed by atoms with van der Waals surface area (Å²) < 4.78 is 0. The first-order valence-electron chi connectivity index (χ1n) is 3.66. The Morgan fingerprint density at radius 1 is 1.50 bits per heavy atom. The Hall–Kier alpha value is -1.10. The SMILES string of the molecule is CC(=O)NCCC(O)CC(=O)O. The highest BCUT2D eigenvalue weighted by Gasteiger charge is 2.08. The van der Waals surface area contributed by atoms with Gasteiger partial charge < -0.3 is 15.5 Å². The minimum Gasteiger partial charge on any atom is -0.481 e. The first-order chi connectivity index (χ1) is 5.52. The van der Waals surface area contributed by atoms with E-state index in [0.717, 1.165) is 0 Å². The lowest BCUT2D eigenvalue weighted by molar-refractivity contribution is -0.139. The van der Waals surface area contributed by atoms with Gasteiger partial charge in [-0.1, -0.05) is 0 Å². The number of hydrogen-bond acceptors (Lipinski definition) is 3. The number of carboxylic acids is 1. The van der Waals surface area contributed by atoms with Gasteiger partial charge in [-0.2, -0.15) is 0 Å². The molecule has 0 aliphatic carbocycles. The second-order valence-electron chi connectivity index (χ2n) is 2.52. The van der Waals surface area contributed by atoms with Crippen molar-refractivity contribution in [3.05, 3.63) is 0 Å². The van der Waals surface area contributed by atoms with Crippen molar-refractivity contribution in [2.24, 2.45) is 0 Å². The van der Waals surface area contributed by atoms with Crippen molar-refractivity contribution in [3.63, 3.8) is 0 Å². The van der Waals surface area contributed by atoms with Gasteiger partial charge >= 0.3 is 5.97 Å². The van der Waals surface area contributed by atoms with Crippen LogP contribution in [0.5, 0.6) is 0 Å². The number of aliphatic carboxylic acids is 1. The van der Waals surface area contributed by atoms with Gasteiger partial charge in [-0.05, 0) is 6.42 Å². The second kappa shape index (κ2) is 5.54. The van der Waals surface area contributed by atoms with Crippen LogP contribution in [-0.4, -0.2) is 34.7 Å². The summed E-state index contributed by atoms with van der Waals surface area (Å²) in [5.74, 6) is -1.22. The Balaban J connectivity index is 3.37. The standard InChI is InChI=1S/C7H13NO4/c1-5(9)8-3-2-6(10)4-7(11)12/h6,10H,2-4H2,1H3,(H,8,9)(H,11,12). The van der Waals surface area contributed by atoms with Crippen LogP contribution >= 0.6 is 0 Å². The van der Waals surface area contributed by atoms with Gasteiger partial charge in [0.05, 0.1) is 12.5 Å². The number of aliphatic hydroxyl groups is 1. The number of carboxylic acid groups (broad SMARTS) is 1. The molecule has 3 N–H and O–H groups in total. The summed E-state index contributed by atoms with van der Waals surface area (Å²) in [6, 6.07) is 0. The summed E-state index contributed by atoms with van der Waals surface area (Å²) >= 11 is 0. The van der Waals surface area contributed by atoms with E-state index in [1.54, 1.807) is 0 Å². The molecule has 70 valence electrons. The van der Waals surface area contributed by atoms with Gasteiger partial charge in [0.1, 0.15) is 0 Å². The summed E-state index contributed by atoms with van der Waals surface area (Å²) in [6.45, 7) is 1.67. The lowest BCUT2D eigenvalue weighted by Crippen LogP contribution is -2.25. The van der Waals surface area contributed by atoms with Gasteiger partial charge in [0.25, 0.3) is 0 Å². The average molecular weight is 175 g/mol. The van der Waals surface area contributed by atoms with E-state index in [4.69, 9.17) is 10.2 Å². The van der Waals surface area contributed by atoms with E-state index in [0.29, 0.717) is 6.54 Å². The fourth-order valence-corrected chi connectivity index (χ4v) is 0.718. The van der Waals surface area contributed by atoms with Gasteiger partial charge in [0.2, 0.25) is 5.91 Å². The lowest BCUT2D eigenvalue weighted by Gasteiger charge is -2.07. The molecule has 0 aliphatic heterocycles. The summed E-state index contributed by atoms with van der Waals surface area (Å²) in [4.78, 5) is 20.4. The van der Waals surface area contributed by atoms with Crippen LogP contribution in [0.1, 0.15) is 19.8 Å². The van der Waals surface area contributed by atoms with E-state index in [1.807, 2.05) is 0 Å². The monoisotopic (exact) mass is 175 g/mol. The fourth-order valence-electron chi connectivity index (χ4n) is 0.718. The molecule has 0 rings (SSSR count). The van der Waals surface area contributed by atoms with Gasteiger partial charge in [0.15, 0.2) is 0 Å². The van der Waals surface area contributed by atoms with E-state index in [2.05, 4.69) is 5.32 Å². The van der Waals surface area contributed by atoms with E-state index in [9.17, 15) is 9.59 Å². The lowest BCUT2D eigenvalue weighted by atomic mass is 10.2. The molecule has 0 saturated carbocycles. The van der Waals surface area contributed by atoms with Crippen LogP contribution in [-0.2, 0) is 9.59 Å². The molecule has 12 heavy (non-hydrogen) atoms. The molecule has 5 nitrogen and oxygen atoms in total. The average Bonchev–Trinajstić information content (AvgIpc) is 1.84. The first-order valence-corrected chi connectivity index (χ1v) is 3.66. The molecule has 0 saturated heterocycles. The zero-order valence-corrected chi connectivity index (χ0v) is 6.91. The second-order valence-corrected chi connectivity index (χ2v) is 2.52. The molecule has 5 heteroatoms. The summed E-state index contributed by atoms with van der Waals surface area (Å²) in [5.41, 5.74) is 0. The zero-order chi connectivity index (χ0) is 9.56. The molecule has 0 aliphatic rings. The van der Waals surface area contributed by atoms with Crippen LogP contribution in [0.3, 0.4) is 0 Å². The number of rotatable bonds is 5. The van der Waals surface area contributed by atoms with Crippen LogP contribution in [0.25, 0.3) is 0 Å². The highest BCUT2D eigenvalue weighted by atomic mass is 16.4. The van der Waals surface area contributed by atoms with Gasteiger partial charge in [0, 0.05) is 13.5 Å². The third kappa shape index (κ3) is 7.01. The predicted molar refractivity (Wildman–Crippen MR) is 41.6 cm³/mol. The third-order valence-electron chi connectivity index (χ3n) is 1.26. The molecule has 0 heterocycles. The Morgan fingerprint density at radius 2 is 2.08 bits per heavy atom. The van der Waals surface area contributed by atoms with Crippen molar-refractivity contribution in [2.45, 2.75) is 25.9 Å². The number of carbonyl (C=O) groups excluding carboxylic acids is 1. The molecular formula is C7H13NO4. The van der Waals surface area contributed by atoms with E-state index in [-0.39, 0.29) is 18.7 Å². The third-order valence-corrected chi connectivity index (χ3v) is 1.26. The summed E-state index contributed by atoms with van der Waals surface area (Å²) in [5, 5.41) is 19.7. The molecule has 0 aromatic rings. The number of amides is 1. The maximum atomic E-state index is 10.3. The minimum absolute atomic E-state index is 0.183. The largest absolute Gasteiger partial charge is 0.481 e. The maximum absolute atomic E-state index is 10.3. The summed E-state index contributed by atoms with van der Waals surface area (Å²) in [6.07, 6.45) is -0.889. The quantitative estimate of drug-likeness (QED) is 0.518. The Kier molecular flexibility index (Phi) is 5.03. The smallest absolute Gasteiger partial charge is 0.305 e. The predicted octanol–water partition coefficient (Wildman–Crippen LogP) is -0.652. The Bertz CT molecular complexity index is 169. The van der Waals surface area contributed by atoms with Crippen LogP contribution in [0.4, 0.5) is 0 Å². The Morgan fingerprint density at radius 3 is 2.50 bits per heavy atom. The van der Waals surface area contributed by atoms with Crippen LogP contribution < -0.4 is 5.32 Å². The number of aliphatic hydroxyl groups excluding tert-OH is 1. The van der Waals surface area contributed by atoms with Crippen molar-refractivity contribution < 1.29 is 19.8 Å². The molecule has 0 spiro atoms. The number of hydrogen-bond donors (Lipinski definition) is 3. The maximum Gasteiger partial charge on any atom is 0.305 e. The van der Waals surface area contributed by atoms with Crippen molar-refractivity contribution >= 4 is 11.9 Å². The zero-order valence-electron chi connectivity index (χ0n) is 6.91. The van der Waals surface area contributed by atoms with Crippen LogP contribution in [0.2, 0.25) is 0 Å². The van der Waals surface area contributed by atoms with Crippen molar-refractivity contribution in [1.82, 2.24) is 5.32 Å². The molecule has 1 atom stereocenters. The van der Waals surface area contributed by atoms with Gasteiger partial charge in [-0.15, -0.1) is 0 Å². The topological polar surface area (TPSA) is 86.6 Å². The molecule has 0 aromatic heterocycles. The van der Waals surface area contributed by atoms with Crippen molar-refractivity contribution in [3.8, 4) is 0 Å². The van der Waals surface area contributed by atoms with Gasteiger partial charge in [-0.25, -0.2) is 0 Å². The van der Waals surface area contributed by atoms with Crippen LogP contribution in [0.15, 0.2) is 0 Å². The number of carbonyl (C=O) groups is 2. The highest BCUT2D eigenvalue weighted by molar-refractivity contribution is 5.72. The highest BCUT2D eigenvalue weighted by Crippen LogP contribution is 1.95. The fraction of sp³-hybridized carbons (Fsp3) is 0.714.